The van der Waals surface area contributed by atoms with Gasteiger partial charge in [-0.1, -0.05) is 18.6 Å². The van der Waals surface area contributed by atoms with Crippen LogP contribution in [0.15, 0.2) is 53.6 Å². The number of rotatable bonds is 8. The first-order valence-electron chi connectivity index (χ1n) is 9.02. The van der Waals surface area contributed by atoms with Crippen LogP contribution < -0.4 is 10.9 Å². The van der Waals surface area contributed by atoms with E-state index in [1.165, 1.54) is 0 Å². The van der Waals surface area contributed by atoms with E-state index >= 15 is 0 Å². The number of H-pyrrole nitrogens is 1. The van der Waals surface area contributed by atoms with Crippen molar-refractivity contribution in [2.24, 2.45) is 0 Å². The maximum Gasteiger partial charge on any atom is 0.262 e. The molecule has 0 spiro atoms. The minimum Gasteiger partial charge on any atom is -0.352 e. The zero-order valence-electron chi connectivity index (χ0n) is 15.0. The molecule has 6 nitrogen and oxygen atoms in total. The maximum atomic E-state index is 12.5. The van der Waals surface area contributed by atoms with E-state index in [1.807, 2.05) is 30.3 Å². The van der Waals surface area contributed by atoms with E-state index < -0.39 is 0 Å². The summed E-state index contributed by atoms with van der Waals surface area (Å²) in [5.41, 5.74) is 1.72. The van der Waals surface area contributed by atoms with E-state index in [1.54, 1.807) is 23.0 Å². The third-order valence-corrected chi connectivity index (χ3v) is 4.74. The van der Waals surface area contributed by atoms with Gasteiger partial charge in [0.15, 0.2) is 4.77 Å². The quantitative estimate of drug-likeness (QED) is 0.463. The lowest BCUT2D eigenvalue weighted by Gasteiger charge is -2.08. The third-order valence-electron chi connectivity index (χ3n) is 4.41. The van der Waals surface area contributed by atoms with Crippen LogP contribution in [0.25, 0.3) is 10.9 Å². The van der Waals surface area contributed by atoms with Gasteiger partial charge in [0.25, 0.3) is 5.56 Å². The molecule has 0 bridgehead atoms. The van der Waals surface area contributed by atoms with E-state index in [9.17, 15) is 9.59 Å². The Morgan fingerprint density at radius 3 is 2.70 bits per heavy atom. The van der Waals surface area contributed by atoms with Crippen LogP contribution >= 0.6 is 12.2 Å². The number of aromatic amines is 1. The van der Waals surface area contributed by atoms with Gasteiger partial charge in [0.2, 0.25) is 5.91 Å². The number of hydrogen-bond acceptors (Lipinski definition) is 4. The zero-order valence-corrected chi connectivity index (χ0v) is 15.8. The third kappa shape index (κ3) is 5.10. The Morgan fingerprint density at radius 1 is 1.11 bits per heavy atom. The highest BCUT2D eigenvalue weighted by molar-refractivity contribution is 7.71. The molecule has 0 atom stereocenters. The van der Waals surface area contributed by atoms with Gasteiger partial charge >= 0.3 is 0 Å². The largest absolute Gasteiger partial charge is 0.352 e. The number of hydrogen-bond donors (Lipinski definition) is 2. The first-order valence-corrected chi connectivity index (χ1v) is 9.43. The summed E-state index contributed by atoms with van der Waals surface area (Å²) in [5, 5.41) is 3.54. The van der Waals surface area contributed by atoms with Crippen molar-refractivity contribution in [2.45, 2.75) is 38.8 Å². The van der Waals surface area contributed by atoms with Crippen molar-refractivity contribution in [3.05, 3.63) is 69.5 Å². The second-order valence-electron chi connectivity index (χ2n) is 6.38. The average Bonchev–Trinajstić information content (AvgIpc) is 2.69. The molecule has 7 heteroatoms. The molecule has 0 aliphatic rings. The average molecular weight is 382 g/mol. The standard InChI is InChI=1S/C20H22N4O2S/c25-18(22-14-15-9-11-21-12-10-15)8-2-1-5-13-24-19(26)16-6-3-4-7-17(16)23-20(24)27/h3-4,6-7,9-12H,1-2,5,8,13-14H2,(H,22,25)(H,23,27). The molecule has 1 amide bonds. The highest BCUT2D eigenvalue weighted by Crippen LogP contribution is 2.08. The molecular weight excluding hydrogens is 360 g/mol. The van der Waals surface area contributed by atoms with Crippen molar-refractivity contribution >= 4 is 29.0 Å². The number of fused-ring (bicyclic) bond motifs is 1. The molecule has 0 aliphatic carbocycles. The van der Waals surface area contributed by atoms with Crippen LogP contribution in [0.5, 0.6) is 0 Å². The highest BCUT2D eigenvalue weighted by atomic mass is 32.1. The Hall–Kier alpha value is -2.80. The Labute approximate surface area is 162 Å². The second kappa shape index (κ2) is 9.23. The predicted molar refractivity (Wildman–Crippen MR) is 108 cm³/mol. The number of unbranched alkanes of at least 4 members (excludes halogenated alkanes) is 2. The topological polar surface area (TPSA) is 79.8 Å². The summed E-state index contributed by atoms with van der Waals surface area (Å²) < 4.78 is 2.04. The second-order valence-corrected chi connectivity index (χ2v) is 6.76. The van der Waals surface area contributed by atoms with Crippen LogP contribution in [0.1, 0.15) is 31.2 Å². The molecule has 27 heavy (non-hydrogen) atoms. The van der Waals surface area contributed by atoms with E-state index in [0.29, 0.717) is 29.7 Å². The molecule has 140 valence electrons. The van der Waals surface area contributed by atoms with E-state index in [2.05, 4.69) is 15.3 Å². The molecule has 0 fully saturated rings. The molecule has 1 aromatic carbocycles. The van der Waals surface area contributed by atoms with Crippen LogP contribution in [0, 0.1) is 4.77 Å². The van der Waals surface area contributed by atoms with Gasteiger partial charge in [-0.05, 0) is 54.9 Å². The van der Waals surface area contributed by atoms with Crippen molar-refractivity contribution < 1.29 is 4.79 Å². The molecule has 0 saturated carbocycles. The number of nitrogens with zero attached hydrogens (tertiary/aromatic N) is 2. The first-order chi connectivity index (χ1) is 13.1. The summed E-state index contributed by atoms with van der Waals surface area (Å²) in [6, 6.07) is 11.1. The van der Waals surface area contributed by atoms with Crippen LogP contribution in [0.2, 0.25) is 0 Å². The van der Waals surface area contributed by atoms with Crippen LogP contribution in [0.4, 0.5) is 0 Å². The number of aromatic nitrogens is 3. The van der Waals surface area contributed by atoms with Gasteiger partial charge in [-0.2, -0.15) is 0 Å². The fraction of sp³-hybridized carbons (Fsp3) is 0.300. The molecule has 0 radical (unpaired) electrons. The van der Waals surface area contributed by atoms with Gasteiger partial charge in [-0.25, -0.2) is 0 Å². The maximum absolute atomic E-state index is 12.5. The lowest BCUT2D eigenvalue weighted by Crippen LogP contribution is -2.23. The minimum atomic E-state index is -0.0653. The lowest BCUT2D eigenvalue weighted by molar-refractivity contribution is -0.121. The van der Waals surface area contributed by atoms with Crippen molar-refractivity contribution in [1.29, 1.82) is 0 Å². The van der Waals surface area contributed by atoms with E-state index in [-0.39, 0.29) is 11.5 Å². The Balaban J connectivity index is 1.44. The molecule has 2 N–H and O–H groups in total. The summed E-state index contributed by atoms with van der Waals surface area (Å²) in [4.78, 5) is 31.5. The fourth-order valence-electron chi connectivity index (χ4n) is 2.92. The molecule has 2 heterocycles. The number of nitrogens with one attached hydrogen (secondary N) is 2. The predicted octanol–water partition coefficient (Wildman–Crippen LogP) is 3.33. The number of carbonyl (C=O) groups is 1. The van der Waals surface area contributed by atoms with Crippen LogP contribution in [-0.2, 0) is 17.9 Å². The molecule has 2 aromatic heterocycles. The van der Waals surface area contributed by atoms with Gasteiger partial charge in [0.05, 0.1) is 10.9 Å². The van der Waals surface area contributed by atoms with Crippen LogP contribution in [0.3, 0.4) is 0 Å². The molecule has 3 aromatic rings. The SMILES string of the molecule is O=C(CCCCCn1c(=S)[nH]c2ccccc2c1=O)NCc1ccncc1. The van der Waals surface area contributed by atoms with Crippen molar-refractivity contribution in [1.82, 2.24) is 19.9 Å². The van der Waals surface area contributed by atoms with Gasteiger partial charge in [0, 0.05) is 31.9 Å². The summed E-state index contributed by atoms with van der Waals surface area (Å²) in [6.45, 7) is 1.07. The zero-order chi connectivity index (χ0) is 19.1. The van der Waals surface area contributed by atoms with Crippen LogP contribution in [-0.4, -0.2) is 20.4 Å². The highest BCUT2D eigenvalue weighted by Gasteiger charge is 2.05. The fourth-order valence-corrected chi connectivity index (χ4v) is 3.21. The number of pyridine rings is 1. The van der Waals surface area contributed by atoms with E-state index in [0.717, 1.165) is 30.3 Å². The summed E-state index contributed by atoms with van der Waals surface area (Å²) in [7, 11) is 0. The molecular formula is C20H22N4O2S. The molecule has 0 saturated heterocycles. The molecule has 0 aliphatic heterocycles. The van der Waals surface area contributed by atoms with Gasteiger partial charge in [-0.3, -0.25) is 19.1 Å². The van der Waals surface area contributed by atoms with Gasteiger partial charge in [-0.15, -0.1) is 0 Å². The number of amides is 1. The number of benzene rings is 1. The molecule has 0 unspecified atom stereocenters. The number of para-hydroxylation sites is 1. The Bertz CT molecular complexity index is 1030. The van der Waals surface area contributed by atoms with Crippen molar-refractivity contribution in [3.63, 3.8) is 0 Å². The van der Waals surface area contributed by atoms with E-state index in [4.69, 9.17) is 12.2 Å². The summed E-state index contributed by atoms with van der Waals surface area (Å²) >= 11 is 5.31. The Kier molecular flexibility index (Phi) is 6.49. The first kappa shape index (κ1) is 19.0. The van der Waals surface area contributed by atoms with Gasteiger partial charge < -0.3 is 10.3 Å². The van der Waals surface area contributed by atoms with Crippen molar-refractivity contribution in [2.75, 3.05) is 0 Å². The monoisotopic (exact) mass is 382 g/mol. The smallest absolute Gasteiger partial charge is 0.262 e. The molecule has 3 rings (SSSR count). The number of carbonyl (C=O) groups excluding carboxylic acids is 1. The lowest BCUT2D eigenvalue weighted by atomic mass is 10.2. The van der Waals surface area contributed by atoms with Gasteiger partial charge in [0.1, 0.15) is 0 Å². The Morgan fingerprint density at radius 2 is 1.89 bits per heavy atom. The summed E-state index contributed by atoms with van der Waals surface area (Å²) in [5.74, 6) is 0.0342. The van der Waals surface area contributed by atoms with Crippen molar-refractivity contribution in [3.8, 4) is 0 Å². The minimum absolute atomic E-state index is 0.0342. The normalized spacial score (nSPS) is 10.8. The summed E-state index contributed by atoms with van der Waals surface area (Å²) in [6.07, 6.45) is 6.33.